The molecule has 2 aromatic heterocycles. The van der Waals surface area contributed by atoms with Crippen molar-refractivity contribution in [1.29, 1.82) is 0 Å². The normalized spacial score (nSPS) is 18.3. The summed E-state index contributed by atoms with van der Waals surface area (Å²) >= 11 is 0. The number of rotatable bonds is 5. The van der Waals surface area contributed by atoms with Gasteiger partial charge in [-0.05, 0) is 79.1 Å². The van der Waals surface area contributed by atoms with E-state index in [1.54, 1.807) is 10.9 Å². The van der Waals surface area contributed by atoms with Gasteiger partial charge in [-0.15, -0.1) is 0 Å². The van der Waals surface area contributed by atoms with Crippen LogP contribution in [0.1, 0.15) is 51.0 Å². The Morgan fingerprint density at radius 2 is 2.13 bits per heavy atom. The van der Waals surface area contributed by atoms with Gasteiger partial charge < -0.3 is 9.64 Å². The van der Waals surface area contributed by atoms with E-state index in [0.29, 0.717) is 13.1 Å². The number of aromatic nitrogens is 3. The van der Waals surface area contributed by atoms with Crippen LogP contribution in [0, 0.1) is 13.8 Å². The largest absolute Gasteiger partial charge is 0.376 e. The molecule has 1 aromatic carbocycles. The van der Waals surface area contributed by atoms with E-state index in [-0.39, 0.29) is 12.0 Å². The zero-order valence-corrected chi connectivity index (χ0v) is 17.5. The van der Waals surface area contributed by atoms with Crippen molar-refractivity contribution in [2.45, 2.75) is 45.8 Å². The predicted molar refractivity (Wildman–Crippen MR) is 114 cm³/mol. The molecule has 1 atom stereocenters. The highest BCUT2D eigenvalue weighted by Gasteiger charge is 2.32. The van der Waals surface area contributed by atoms with Crippen molar-refractivity contribution >= 4 is 5.91 Å². The number of hydrogen-bond acceptors (Lipinski definition) is 4. The lowest BCUT2D eigenvalue weighted by Gasteiger charge is -2.19. The molecular weight excluding hydrogens is 376 g/mol. The Kier molecular flexibility index (Phi) is 4.87. The maximum absolute atomic E-state index is 13.1. The van der Waals surface area contributed by atoms with Crippen LogP contribution in [-0.4, -0.2) is 44.8 Å². The Morgan fingerprint density at radius 1 is 1.23 bits per heavy atom. The molecule has 1 fully saturated rings. The molecule has 0 saturated carbocycles. The summed E-state index contributed by atoms with van der Waals surface area (Å²) in [4.78, 5) is 19.6. The lowest BCUT2D eigenvalue weighted by Crippen LogP contribution is -2.32. The number of benzene rings is 1. The summed E-state index contributed by atoms with van der Waals surface area (Å²) in [5, 5.41) is 4.22. The van der Waals surface area contributed by atoms with Gasteiger partial charge in [-0.1, -0.05) is 6.07 Å². The maximum Gasteiger partial charge on any atom is 0.254 e. The molecule has 2 aliphatic heterocycles. The molecule has 0 aliphatic carbocycles. The standard InChI is InChI=1S/C24H26N4O2/c1-16-17(2)22-15-27(14-20-5-3-10-30-20)24(29)21(22)12-19(16)11-18-6-7-23(25-13-18)28-9-4-8-26-28/h4,6-9,12-13,20H,3,5,10-11,14-15H2,1-2H3. The van der Waals surface area contributed by atoms with E-state index in [9.17, 15) is 4.79 Å². The molecule has 6 heteroatoms. The van der Waals surface area contributed by atoms with E-state index in [2.05, 4.69) is 36.1 Å². The van der Waals surface area contributed by atoms with Crippen molar-refractivity contribution in [3.63, 3.8) is 0 Å². The maximum atomic E-state index is 13.1. The van der Waals surface area contributed by atoms with Crippen LogP contribution in [-0.2, 0) is 17.7 Å². The molecule has 2 aliphatic rings. The fourth-order valence-corrected chi connectivity index (χ4v) is 4.51. The van der Waals surface area contributed by atoms with Crippen LogP contribution in [0.5, 0.6) is 0 Å². The number of fused-ring (bicyclic) bond motifs is 1. The topological polar surface area (TPSA) is 60.3 Å². The van der Waals surface area contributed by atoms with Gasteiger partial charge in [-0.25, -0.2) is 9.67 Å². The van der Waals surface area contributed by atoms with Crippen molar-refractivity contribution in [2.75, 3.05) is 13.2 Å². The third kappa shape index (κ3) is 3.41. The average molecular weight is 402 g/mol. The minimum atomic E-state index is 0.136. The molecule has 1 unspecified atom stereocenters. The van der Waals surface area contributed by atoms with Crippen molar-refractivity contribution in [3.05, 3.63) is 76.2 Å². The fourth-order valence-electron chi connectivity index (χ4n) is 4.51. The number of amides is 1. The van der Waals surface area contributed by atoms with Gasteiger partial charge in [0.2, 0.25) is 0 Å². The van der Waals surface area contributed by atoms with Crippen LogP contribution in [0.25, 0.3) is 5.82 Å². The minimum Gasteiger partial charge on any atom is -0.376 e. The summed E-state index contributed by atoms with van der Waals surface area (Å²) in [6.45, 7) is 6.50. The van der Waals surface area contributed by atoms with E-state index < -0.39 is 0 Å². The summed E-state index contributed by atoms with van der Waals surface area (Å²) in [5.41, 5.74) is 6.82. The molecule has 0 radical (unpaired) electrons. The molecule has 154 valence electrons. The molecule has 3 aromatic rings. The summed E-state index contributed by atoms with van der Waals surface area (Å²) < 4.78 is 7.49. The van der Waals surface area contributed by atoms with Crippen LogP contribution in [0.4, 0.5) is 0 Å². The van der Waals surface area contributed by atoms with Gasteiger partial charge in [0.25, 0.3) is 5.91 Å². The zero-order valence-electron chi connectivity index (χ0n) is 17.5. The lowest BCUT2D eigenvalue weighted by atomic mass is 9.91. The fraction of sp³-hybridized carbons (Fsp3) is 0.375. The molecule has 0 N–H and O–H groups in total. The number of hydrogen-bond donors (Lipinski definition) is 0. The van der Waals surface area contributed by atoms with Gasteiger partial charge >= 0.3 is 0 Å². The molecule has 6 nitrogen and oxygen atoms in total. The molecule has 0 bridgehead atoms. The van der Waals surface area contributed by atoms with Crippen LogP contribution in [0.15, 0.2) is 42.9 Å². The third-order valence-corrected chi connectivity index (χ3v) is 6.40. The number of carbonyl (C=O) groups is 1. The molecule has 0 spiro atoms. The van der Waals surface area contributed by atoms with Crippen molar-refractivity contribution < 1.29 is 9.53 Å². The molecule has 1 saturated heterocycles. The Morgan fingerprint density at radius 3 is 2.83 bits per heavy atom. The van der Waals surface area contributed by atoms with E-state index in [0.717, 1.165) is 42.8 Å². The summed E-state index contributed by atoms with van der Waals surface area (Å²) in [5.74, 6) is 0.933. The Labute approximate surface area is 176 Å². The first-order valence-electron chi connectivity index (χ1n) is 10.6. The first kappa shape index (κ1) is 19.0. The van der Waals surface area contributed by atoms with Gasteiger partial charge in [0.15, 0.2) is 5.82 Å². The van der Waals surface area contributed by atoms with Crippen LogP contribution >= 0.6 is 0 Å². The average Bonchev–Trinajstić information content (AvgIpc) is 3.51. The number of ether oxygens (including phenoxy) is 1. The highest BCUT2D eigenvalue weighted by molar-refractivity contribution is 5.99. The van der Waals surface area contributed by atoms with E-state index in [1.807, 2.05) is 29.4 Å². The second-order valence-corrected chi connectivity index (χ2v) is 8.28. The van der Waals surface area contributed by atoms with E-state index >= 15 is 0 Å². The zero-order chi connectivity index (χ0) is 20.7. The van der Waals surface area contributed by atoms with Crippen molar-refractivity contribution in [2.24, 2.45) is 0 Å². The molecular formula is C24H26N4O2. The van der Waals surface area contributed by atoms with Gasteiger partial charge in [0.05, 0.1) is 6.10 Å². The summed E-state index contributed by atoms with van der Waals surface area (Å²) in [6.07, 6.45) is 8.59. The highest BCUT2D eigenvalue weighted by Crippen LogP contribution is 2.32. The monoisotopic (exact) mass is 402 g/mol. The lowest BCUT2D eigenvalue weighted by molar-refractivity contribution is 0.0545. The second kappa shape index (κ2) is 7.69. The van der Waals surface area contributed by atoms with Crippen molar-refractivity contribution in [3.8, 4) is 5.82 Å². The first-order chi connectivity index (χ1) is 14.6. The second-order valence-electron chi connectivity index (χ2n) is 8.28. The Balaban J connectivity index is 1.38. The van der Waals surface area contributed by atoms with Gasteiger partial charge in [-0.2, -0.15) is 5.10 Å². The van der Waals surface area contributed by atoms with E-state index in [1.165, 1.54) is 22.3 Å². The number of pyridine rings is 1. The van der Waals surface area contributed by atoms with Crippen LogP contribution in [0.3, 0.4) is 0 Å². The number of carbonyl (C=O) groups excluding carboxylic acids is 1. The van der Waals surface area contributed by atoms with Crippen LogP contribution < -0.4 is 0 Å². The predicted octanol–water partition coefficient (Wildman–Crippen LogP) is 3.61. The van der Waals surface area contributed by atoms with Gasteiger partial charge in [-0.3, -0.25) is 4.79 Å². The minimum absolute atomic E-state index is 0.136. The SMILES string of the molecule is Cc1c(Cc2ccc(-n3cccn3)nc2)cc2c(c1C)CN(CC1CCCO1)C2=O. The molecule has 1 amide bonds. The first-order valence-corrected chi connectivity index (χ1v) is 10.6. The molecule has 4 heterocycles. The smallest absolute Gasteiger partial charge is 0.254 e. The Bertz CT molecular complexity index is 1070. The summed E-state index contributed by atoms with van der Waals surface area (Å²) in [7, 11) is 0. The van der Waals surface area contributed by atoms with E-state index in [4.69, 9.17) is 4.74 Å². The van der Waals surface area contributed by atoms with Crippen LogP contribution in [0.2, 0.25) is 0 Å². The molecule has 30 heavy (non-hydrogen) atoms. The highest BCUT2D eigenvalue weighted by atomic mass is 16.5. The third-order valence-electron chi connectivity index (χ3n) is 6.40. The summed E-state index contributed by atoms with van der Waals surface area (Å²) in [6, 6.07) is 8.03. The van der Waals surface area contributed by atoms with Crippen molar-refractivity contribution in [1.82, 2.24) is 19.7 Å². The Hall–Kier alpha value is -2.99. The number of nitrogens with zero attached hydrogens (tertiary/aromatic N) is 4. The van der Waals surface area contributed by atoms with Gasteiger partial charge in [0.1, 0.15) is 0 Å². The quantitative estimate of drug-likeness (QED) is 0.654. The molecule has 5 rings (SSSR count). The van der Waals surface area contributed by atoms with Gasteiger partial charge in [0, 0.05) is 43.9 Å².